The van der Waals surface area contributed by atoms with Gasteiger partial charge in [-0.25, -0.2) is 18.2 Å². The Morgan fingerprint density at radius 3 is 2.47 bits per heavy atom. The maximum absolute atomic E-state index is 11.9. The molecule has 3 rings (SSSR count). The molecule has 1 aliphatic carbocycles. The van der Waals surface area contributed by atoms with Gasteiger partial charge in [-0.15, -0.1) is 6.58 Å². The van der Waals surface area contributed by atoms with E-state index in [4.69, 9.17) is 14.9 Å². The minimum Gasteiger partial charge on any atom is -0.475 e. The Hall–Kier alpha value is -2.37. The second kappa shape index (κ2) is 11.0. The van der Waals surface area contributed by atoms with Crippen LogP contribution in [0.1, 0.15) is 50.3 Å². The molecule has 1 fully saturated rings. The Morgan fingerprint density at radius 2 is 1.88 bits per heavy atom. The number of fused-ring (bicyclic) bond motifs is 1. The highest BCUT2D eigenvalue weighted by atomic mass is 32.2. The molecule has 1 saturated heterocycles. The van der Waals surface area contributed by atoms with Crippen LogP contribution in [0.5, 0.6) is 0 Å². The number of halogens is 3. The average Bonchev–Trinajstić information content (AvgIpc) is 2.92. The van der Waals surface area contributed by atoms with E-state index in [2.05, 4.69) is 22.2 Å². The van der Waals surface area contributed by atoms with Crippen molar-refractivity contribution in [3.05, 3.63) is 23.9 Å². The summed E-state index contributed by atoms with van der Waals surface area (Å²) in [5, 5.41) is 13.8. The number of carbonyl (C=O) groups is 1. The van der Waals surface area contributed by atoms with Gasteiger partial charge in [-0.3, -0.25) is 0 Å². The van der Waals surface area contributed by atoms with Gasteiger partial charge in [0, 0.05) is 17.6 Å². The van der Waals surface area contributed by atoms with Crippen LogP contribution in [0.25, 0.3) is 0 Å². The average molecular weight is 479 g/mol. The van der Waals surface area contributed by atoms with Crippen LogP contribution in [0.4, 0.5) is 24.9 Å². The molecular formula is C20H29F3N4O4S. The fraction of sp³-hybridized carbons (Fsp3) is 0.650. The first-order valence-corrected chi connectivity index (χ1v) is 12.3. The second-order valence-corrected chi connectivity index (χ2v) is 10.2. The number of alkyl halides is 3. The second-order valence-electron chi connectivity index (χ2n) is 7.95. The molecule has 32 heavy (non-hydrogen) atoms. The number of nitrogens with one attached hydrogen (secondary N) is 2. The summed E-state index contributed by atoms with van der Waals surface area (Å²) >= 11 is 0. The van der Waals surface area contributed by atoms with Crippen molar-refractivity contribution in [2.75, 3.05) is 22.1 Å². The largest absolute Gasteiger partial charge is 0.490 e. The molecule has 12 heteroatoms. The molecule has 2 unspecified atom stereocenters. The van der Waals surface area contributed by atoms with E-state index in [0.717, 1.165) is 43.6 Å². The molecule has 0 bridgehead atoms. The topological polar surface area (TPSA) is 121 Å². The summed E-state index contributed by atoms with van der Waals surface area (Å²) in [4.78, 5) is 18.3. The molecule has 0 radical (unpaired) electrons. The molecule has 8 nitrogen and oxygen atoms in total. The van der Waals surface area contributed by atoms with Gasteiger partial charge in [0.15, 0.2) is 9.84 Å². The highest BCUT2D eigenvalue weighted by Crippen LogP contribution is 2.27. The van der Waals surface area contributed by atoms with Crippen LogP contribution in [-0.2, 0) is 27.5 Å². The van der Waals surface area contributed by atoms with Crippen molar-refractivity contribution in [1.82, 2.24) is 9.97 Å². The summed E-state index contributed by atoms with van der Waals surface area (Å²) < 4.78 is 55.5. The van der Waals surface area contributed by atoms with Crippen LogP contribution >= 0.6 is 0 Å². The third kappa shape index (κ3) is 7.95. The Kier molecular flexibility index (Phi) is 8.88. The van der Waals surface area contributed by atoms with Gasteiger partial charge in [-0.05, 0) is 45.4 Å². The van der Waals surface area contributed by atoms with E-state index in [1.54, 1.807) is 0 Å². The van der Waals surface area contributed by atoms with Gasteiger partial charge in [-0.1, -0.05) is 12.5 Å². The number of aliphatic carboxylic acids is 1. The number of aryl methyl sites for hydroxylation is 1. The van der Waals surface area contributed by atoms with E-state index >= 15 is 0 Å². The van der Waals surface area contributed by atoms with Gasteiger partial charge < -0.3 is 15.7 Å². The maximum atomic E-state index is 11.9. The Bertz CT molecular complexity index is 922. The van der Waals surface area contributed by atoms with Crippen molar-refractivity contribution >= 4 is 27.6 Å². The molecule has 0 aromatic carbocycles. The third-order valence-electron chi connectivity index (χ3n) is 5.19. The van der Waals surface area contributed by atoms with Crippen LogP contribution in [0.2, 0.25) is 0 Å². The van der Waals surface area contributed by atoms with Crippen molar-refractivity contribution in [2.45, 2.75) is 70.1 Å². The monoisotopic (exact) mass is 478 g/mol. The summed E-state index contributed by atoms with van der Waals surface area (Å²) in [6.45, 7) is 5.87. The fourth-order valence-electron chi connectivity index (χ4n) is 3.55. The molecule has 0 spiro atoms. The summed E-state index contributed by atoms with van der Waals surface area (Å²) in [5.41, 5.74) is 2.29. The molecule has 1 aromatic heterocycles. The summed E-state index contributed by atoms with van der Waals surface area (Å²) in [6.07, 6.45) is 3.74. The molecule has 2 atom stereocenters. The number of carboxylic acid groups (broad SMARTS) is 1. The number of hydrogen-bond donors (Lipinski definition) is 3. The molecule has 1 aromatic rings. The van der Waals surface area contributed by atoms with E-state index in [9.17, 15) is 21.6 Å². The number of sulfone groups is 1. The summed E-state index contributed by atoms with van der Waals surface area (Å²) in [7, 11) is -2.96. The zero-order valence-corrected chi connectivity index (χ0v) is 18.7. The van der Waals surface area contributed by atoms with E-state index in [1.165, 1.54) is 12.0 Å². The van der Waals surface area contributed by atoms with Gasteiger partial charge >= 0.3 is 12.1 Å². The predicted molar refractivity (Wildman–Crippen MR) is 116 cm³/mol. The Labute approximate surface area is 185 Å². The van der Waals surface area contributed by atoms with Gasteiger partial charge in [0.1, 0.15) is 5.82 Å². The number of rotatable bonds is 5. The summed E-state index contributed by atoms with van der Waals surface area (Å²) in [5.74, 6) is -0.895. The number of carboxylic acids is 1. The molecular weight excluding hydrogens is 449 g/mol. The normalized spacial score (nSPS) is 21.1. The minimum absolute atomic E-state index is 0.104. The zero-order valence-electron chi connectivity index (χ0n) is 17.9. The number of anilines is 2. The van der Waals surface area contributed by atoms with Crippen molar-refractivity contribution in [2.24, 2.45) is 0 Å². The Morgan fingerprint density at radius 1 is 1.22 bits per heavy atom. The number of nitrogens with zero attached hydrogens (tertiary/aromatic N) is 2. The maximum Gasteiger partial charge on any atom is 0.490 e. The highest BCUT2D eigenvalue weighted by Gasteiger charge is 2.38. The number of hydrogen-bond acceptors (Lipinski definition) is 7. The SMILES string of the molecule is C=CC(C)Nc1nc(NC2CCCS(=O)(=O)C2)nc2c1CCCCC2.O=C(O)C(F)(F)F. The minimum atomic E-state index is -5.08. The van der Waals surface area contributed by atoms with Crippen LogP contribution in [0, 0.1) is 0 Å². The molecule has 180 valence electrons. The van der Waals surface area contributed by atoms with Crippen LogP contribution in [-0.4, -0.2) is 59.2 Å². The highest BCUT2D eigenvalue weighted by molar-refractivity contribution is 7.91. The first-order valence-electron chi connectivity index (χ1n) is 10.5. The lowest BCUT2D eigenvalue weighted by molar-refractivity contribution is -0.192. The standard InChI is InChI=1S/C18H28N4O2S.C2HF3O2/c1-3-13(2)19-17-15-9-5-4-6-10-16(15)21-18(22-17)20-14-8-7-11-25(23,24)12-14;3-2(4,5)1(6)7/h3,13-14H,1,4-12H2,2H3,(H2,19,20,21,22);(H,6,7). The lowest BCUT2D eigenvalue weighted by Crippen LogP contribution is -2.35. The van der Waals surface area contributed by atoms with Gasteiger partial charge in [0.2, 0.25) is 5.95 Å². The van der Waals surface area contributed by atoms with E-state index < -0.39 is 22.0 Å². The van der Waals surface area contributed by atoms with Crippen molar-refractivity contribution in [1.29, 1.82) is 0 Å². The van der Waals surface area contributed by atoms with Crippen LogP contribution in [0.15, 0.2) is 12.7 Å². The van der Waals surface area contributed by atoms with Gasteiger partial charge in [-0.2, -0.15) is 18.2 Å². The third-order valence-corrected chi connectivity index (χ3v) is 7.01. The van der Waals surface area contributed by atoms with Crippen molar-refractivity contribution < 1.29 is 31.5 Å². The van der Waals surface area contributed by atoms with Crippen LogP contribution < -0.4 is 10.6 Å². The lowest BCUT2D eigenvalue weighted by atomic mass is 10.1. The first-order chi connectivity index (χ1) is 14.9. The van der Waals surface area contributed by atoms with Gasteiger partial charge in [0.05, 0.1) is 17.2 Å². The lowest BCUT2D eigenvalue weighted by Gasteiger charge is -2.24. The molecule has 0 saturated carbocycles. The van der Waals surface area contributed by atoms with Crippen molar-refractivity contribution in [3.8, 4) is 0 Å². The molecule has 3 N–H and O–H groups in total. The smallest absolute Gasteiger partial charge is 0.475 e. The van der Waals surface area contributed by atoms with E-state index in [1.807, 2.05) is 13.0 Å². The quantitative estimate of drug-likeness (QED) is 0.435. The number of aromatic nitrogens is 2. The molecule has 1 aliphatic heterocycles. The first kappa shape index (κ1) is 25.9. The van der Waals surface area contributed by atoms with Crippen LogP contribution in [0.3, 0.4) is 0 Å². The fourth-order valence-corrected chi connectivity index (χ4v) is 5.18. The van der Waals surface area contributed by atoms with E-state index in [-0.39, 0.29) is 17.8 Å². The zero-order chi connectivity index (χ0) is 23.9. The van der Waals surface area contributed by atoms with Crippen molar-refractivity contribution in [3.63, 3.8) is 0 Å². The molecule has 0 amide bonds. The predicted octanol–water partition coefficient (Wildman–Crippen LogP) is 3.35. The molecule has 2 heterocycles. The Balaban J connectivity index is 0.000000451. The summed E-state index contributed by atoms with van der Waals surface area (Å²) in [6, 6.07) is 0.0115. The van der Waals surface area contributed by atoms with Gasteiger partial charge in [0.25, 0.3) is 0 Å². The molecule has 2 aliphatic rings. The van der Waals surface area contributed by atoms with E-state index in [0.29, 0.717) is 18.1 Å².